The summed E-state index contributed by atoms with van der Waals surface area (Å²) in [7, 11) is -2.28. The first-order chi connectivity index (χ1) is 23.2. The van der Waals surface area contributed by atoms with Crippen LogP contribution in [0.15, 0.2) is 78.0 Å². The molecule has 250 valence electrons. The van der Waals surface area contributed by atoms with E-state index in [0.717, 1.165) is 46.5 Å². The number of fused-ring (bicyclic) bond motifs is 5. The maximum Gasteiger partial charge on any atom is 0.264 e. The Morgan fingerprint density at radius 1 is 0.980 bits per heavy atom. The van der Waals surface area contributed by atoms with E-state index in [0.29, 0.717) is 34.3 Å². The lowest BCUT2D eigenvalue weighted by molar-refractivity contribution is -0.686. The Morgan fingerprint density at radius 2 is 1.73 bits per heavy atom. The van der Waals surface area contributed by atoms with Gasteiger partial charge in [-0.15, -0.1) is 5.10 Å². The van der Waals surface area contributed by atoms with Crippen LogP contribution in [-0.2, 0) is 29.6 Å². The number of methoxy groups -OCH3 is 1. The van der Waals surface area contributed by atoms with Gasteiger partial charge in [0, 0.05) is 23.9 Å². The summed E-state index contributed by atoms with van der Waals surface area (Å²) >= 11 is 0. The average molecular weight is 700 g/mol. The van der Waals surface area contributed by atoms with Gasteiger partial charge in [0.05, 0.1) is 34.8 Å². The standard InChI is InChI=1S/C34H30N7O6S.ClH/c1-20-12-21(2)36-34(35-20)38-48(42,43)26-7-5-25(6-8-26)41-16-24(37-39-41)18-45-33-28-17-40-11-10-23-14-31-32(47-19-46-31)15-27(23)29(40)13-22(28)4-9-30(33)44-3;/h4-9,12-17H,10-11,18-19H2,1-3H3,(H,35,36,38);1H/q+1;/p-1. The molecule has 49 heavy (non-hydrogen) atoms. The summed E-state index contributed by atoms with van der Waals surface area (Å²) in [6, 6.07) is 18.3. The van der Waals surface area contributed by atoms with E-state index in [1.807, 2.05) is 12.1 Å². The monoisotopic (exact) mass is 699 g/mol. The third-order valence-corrected chi connectivity index (χ3v) is 9.67. The van der Waals surface area contributed by atoms with Gasteiger partial charge in [-0.05, 0) is 79.4 Å². The van der Waals surface area contributed by atoms with E-state index in [2.05, 4.69) is 54.0 Å². The van der Waals surface area contributed by atoms with Crippen molar-refractivity contribution in [3.63, 3.8) is 0 Å². The molecule has 0 fully saturated rings. The smallest absolute Gasteiger partial charge is 0.264 e. The van der Waals surface area contributed by atoms with Crippen LogP contribution < -0.4 is 40.6 Å². The van der Waals surface area contributed by atoms with Crippen molar-refractivity contribution in [1.29, 1.82) is 0 Å². The maximum absolute atomic E-state index is 13.0. The molecule has 0 bridgehead atoms. The highest BCUT2D eigenvalue weighted by Gasteiger charge is 2.29. The summed E-state index contributed by atoms with van der Waals surface area (Å²) in [5.74, 6) is 2.79. The third-order valence-electron chi connectivity index (χ3n) is 8.32. The van der Waals surface area contributed by atoms with E-state index in [4.69, 9.17) is 18.9 Å². The molecule has 0 aliphatic carbocycles. The van der Waals surface area contributed by atoms with Crippen LogP contribution in [-0.4, -0.2) is 47.3 Å². The third kappa shape index (κ3) is 6.04. The number of aromatic nitrogens is 6. The molecule has 3 aromatic carbocycles. The predicted octanol–water partition coefficient (Wildman–Crippen LogP) is 1.46. The lowest BCUT2D eigenvalue weighted by Crippen LogP contribution is -3.00. The number of rotatable bonds is 8. The molecule has 6 aromatic rings. The minimum Gasteiger partial charge on any atom is -1.00 e. The minimum absolute atomic E-state index is 0. The predicted molar refractivity (Wildman–Crippen MR) is 174 cm³/mol. The van der Waals surface area contributed by atoms with Crippen LogP contribution in [0.4, 0.5) is 5.95 Å². The van der Waals surface area contributed by atoms with Crippen molar-refractivity contribution in [2.75, 3.05) is 18.6 Å². The largest absolute Gasteiger partial charge is 1.00 e. The fourth-order valence-electron chi connectivity index (χ4n) is 6.07. The Morgan fingerprint density at radius 3 is 2.49 bits per heavy atom. The molecule has 8 rings (SSSR count). The van der Waals surface area contributed by atoms with Gasteiger partial charge >= 0.3 is 0 Å². The lowest BCUT2D eigenvalue weighted by atomic mass is 9.95. The summed E-state index contributed by atoms with van der Waals surface area (Å²) in [5, 5.41) is 10.4. The first kappa shape index (κ1) is 32.1. The van der Waals surface area contributed by atoms with Crippen LogP contribution in [0.5, 0.6) is 23.0 Å². The van der Waals surface area contributed by atoms with Gasteiger partial charge in [0.1, 0.15) is 12.3 Å². The van der Waals surface area contributed by atoms with E-state index in [9.17, 15) is 8.42 Å². The van der Waals surface area contributed by atoms with E-state index in [1.54, 1.807) is 50.0 Å². The Kier molecular flexibility index (Phi) is 8.20. The summed E-state index contributed by atoms with van der Waals surface area (Å²) in [5.41, 5.74) is 5.98. The van der Waals surface area contributed by atoms with Crippen LogP contribution in [0.1, 0.15) is 22.6 Å². The Hall–Kier alpha value is -5.47. The van der Waals surface area contributed by atoms with Gasteiger partial charge in [-0.3, -0.25) is 0 Å². The average Bonchev–Trinajstić information content (AvgIpc) is 3.74. The second-order valence-electron chi connectivity index (χ2n) is 11.6. The number of hydrogen-bond donors (Lipinski definition) is 1. The van der Waals surface area contributed by atoms with E-state index < -0.39 is 10.0 Å². The summed E-state index contributed by atoms with van der Waals surface area (Å²) in [6.07, 6.45) is 4.70. The molecule has 0 radical (unpaired) electrons. The molecule has 13 nitrogen and oxygen atoms in total. The minimum atomic E-state index is -3.89. The van der Waals surface area contributed by atoms with E-state index in [-0.39, 0.29) is 36.7 Å². The van der Waals surface area contributed by atoms with Crippen molar-refractivity contribution in [1.82, 2.24) is 25.0 Å². The Bertz CT molecular complexity index is 2330. The molecule has 5 heterocycles. The van der Waals surface area contributed by atoms with Crippen LogP contribution in [0, 0.1) is 13.8 Å². The van der Waals surface area contributed by atoms with Crippen molar-refractivity contribution in [3.8, 4) is 39.9 Å². The molecule has 1 N–H and O–H groups in total. The lowest BCUT2D eigenvalue weighted by Gasteiger charge is -2.17. The molecular weight excluding hydrogens is 670 g/mol. The molecule has 0 spiro atoms. The summed E-state index contributed by atoms with van der Waals surface area (Å²) in [4.78, 5) is 8.39. The Labute approximate surface area is 287 Å². The van der Waals surface area contributed by atoms with Crippen LogP contribution >= 0.6 is 0 Å². The van der Waals surface area contributed by atoms with Crippen LogP contribution in [0.2, 0.25) is 0 Å². The molecule has 0 saturated carbocycles. The molecule has 3 aromatic heterocycles. The molecule has 0 amide bonds. The van der Waals surface area contributed by atoms with Gasteiger partial charge in [0.2, 0.25) is 18.4 Å². The zero-order valence-electron chi connectivity index (χ0n) is 26.7. The van der Waals surface area contributed by atoms with Gasteiger partial charge in [-0.25, -0.2) is 27.8 Å². The number of sulfonamides is 1. The van der Waals surface area contributed by atoms with Gasteiger partial charge in [-0.2, -0.15) is 4.57 Å². The molecular formula is C34H30ClN7O6S. The number of hydrogen-bond acceptors (Lipinski definition) is 10. The van der Waals surface area contributed by atoms with Crippen LogP contribution in [0.3, 0.4) is 0 Å². The molecule has 0 unspecified atom stereocenters. The molecule has 2 aliphatic heterocycles. The van der Waals surface area contributed by atoms with Gasteiger partial charge in [-0.1, -0.05) is 5.21 Å². The van der Waals surface area contributed by atoms with Gasteiger partial charge < -0.3 is 31.4 Å². The van der Waals surface area contributed by atoms with Gasteiger partial charge in [0.15, 0.2) is 35.7 Å². The number of nitrogens with zero attached hydrogens (tertiary/aromatic N) is 6. The molecule has 2 aliphatic rings. The highest BCUT2D eigenvalue weighted by molar-refractivity contribution is 7.92. The van der Waals surface area contributed by atoms with Crippen LogP contribution in [0.25, 0.3) is 27.7 Å². The Balaban J connectivity index is 0.00000378. The van der Waals surface area contributed by atoms with Crippen molar-refractivity contribution >= 4 is 26.7 Å². The van der Waals surface area contributed by atoms with E-state index >= 15 is 0 Å². The molecule has 0 atom stereocenters. The number of ether oxygens (including phenoxy) is 4. The number of halogens is 1. The number of pyridine rings is 1. The highest BCUT2D eigenvalue weighted by Crippen LogP contribution is 2.42. The quantitative estimate of drug-likeness (QED) is 0.232. The zero-order valence-corrected chi connectivity index (χ0v) is 28.2. The normalized spacial score (nSPS) is 13.0. The SMILES string of the molecule is COc1ccc2cc3[n+](cc2c1OCc1cn(-c2ccc(S(=O)(=O)Nc4nc(C)cc(C)n4)cc2)nn1)CCc1cc2c(cc1-3)OCO2.[Cl-]. The van der Waals surface area contributed by atoms with E-state index in [1.165, 1.54) is 17.7 Å². The number of anilines is 1. The summed E-state index contributed by atoms with van der Waals surface area (Å²) < 4.78 is 55.4. The molecule has 0 saturated heterocycles. The second kappa shape index (κ2) is 12.5. The van der Waals surface area contributed by atoms with Crippen molar-refractivity contribution in [2.24, 2.45) is 0 Å². The second-order valence-corrected chi connectivity index (χ2v) is 13.3. The van der Waals surface area contributed by atoms with Gasteiger partial charge in [0.25, 0.3) is 10.0 Å². The topological polar surface area (TPSA) is 143 Å². The first-order valence-corrected chi connectivity index (χ1v) is 16.7. The fraction of sp³-hybridized carbons (Fsp3) is 0.206. The maximum atomic E-state index is 13.0. The molecule has 15 heteroatoms. The summed E-state index contributed by atoms with van der Waals surface area (Å²) in [6.45, 7) is 4.73. The van der Waals surface area contributed by atoms with Crippen molar-refractivity contribution in [3.05, 3.63) is 95.7 Å². The first-order valence-electron chi connectivity index (χ1n) is 15.2. The number of aryl methyl sites for hydroxylation is 4. The van der Waals surface area contributed by atoms with Crippen molar-refractivity contribution in [2.45, 2.75) is 38.3 Å². The fourth-order valence-corrected chi connectivity index (χ4v) is 7.02. The van der Waals surface area contributed by atoms with Crippen molar-refractivity contribution < 1.29 is 44.3 Å². The highest BCUT2D eigenvalue weighted by atomic mass is 35.5. The number of benzene rings is 3. The number of nitrogens with one attached hydrogen (secondary N) is 1. The zero-order chi connectivity index (χ0) is 33.0.